The van der Waals surface area contributed by atoms with E-state index >= 15 is 0 Å². The molecule has 1 aromatic carbocycles. The number of para-hydroxylation sites is 1. The van der Waals surface area contributed by atoms with Crippen LogP contribution in [0.1, 0.15) is 31.2 Å². The number of anilines is 1. The first-order chi connectivity index (χ1) is 7.24. The smallest absolute Gasteiger partial charge is 0.235 e. The van der Waals surface area contributed by atoms with Gasteiger partial charge in [0.2, 0.25) is 5.91 Å². The SMILES string of the molecule is O=C1Nc2c(Br)cccc2C12CCCC2. The zero-order valence-electron chi connectivity index (χ0n) is 8.35. The summed E-state index contributed by atoms with van der Waals surface area (Å²) in [7, 11) is 0. The Morgan fingerprint density at radius 2 is 2.00 bits per heavy atom. The van der Waals surface area contributed by atoms with Gasteiger partial charge in [0.15, 0.2) is 0 Å². The minimum Gasteiger partial charge on any atom is -0.324 e. The molecule has 78 valence electrons. The van der Waals surface area contributed by atoms with Crippen LogP contribution in [0.4, 0.5) is 5.69 Å². The minimum atomic E-state index is -0.209. The molecule has 1 fully saturated rings. The lowest BCUT2D eigenvalue weighted by Crippen LogP contribution is -2.30. The topological polar surface area (TPSA) is 29.1 Å². The van der Waals surface area contributed by atoms with Gasteiger partial charge in [0.05, 0.1) is 11.1 Å². The van der Waals surface area contributed by atoms with Crippen LogP contribution in [-0.2, 0) is 10.2 Å². The van der Waals surface area contributed by atoms with E-state index in [4.69, 9.17) is 0 Å². The molecule has 0 bridgehead atoms. The van der Waals surface area contributed by atoms with Gasteiger partial charge in [0, 0.05) is 4.47 Å². The molecule has 0 radical (unpaired) electrons. The molecule has 0 aromatic heterocycles. The lowest BCUT2D eigenvalue weighted by molar-refractivity contribution is -0.120. The Morgan fingerprint density at radius 1 is 1.27 bits per heavy atom. The highest BCUT2D eigenvalue weighted by atomic mass is 79.9. The summed E-state index contributed by atoms with van der Waals surface area (Å²) in [4.78, 5) is 12.1. The normalized spacial score (nSPS) is 21.8. The Kier molecular flexibility index (Phi) is 1.93. The Bertz CT molecular complexity index is 435. The van der Waals surface area contributed by atoms with Crippen molar-refractivity contribution in [1.29, 1.82) is 0 Å². The van der Waals surface area contributed by atoms with Gasteiger partial charge >= 0.3 is 0 Å². The third-order valence-electron chi connectivity index (χ3n) is 3.66. The second-order valence-electron chi connectivity index (χ2n) is 4.41. The number of fused-ring (bicyclic) bond motifs is 2. The molecule has 1 aromatic rings. The van der Waals surface area contributed by atoms with Crippen molar-refractivity contribution in [1.82, 2.24) is 0 Å². The first-order valence-electron chi connectivity index (χ1n) is 5.34. The molecule has 1 spiro atoms. The molecule has 1 N–H and O–H groups in total. The van der Waals surface area contributed by atoms with Crippen molar-refractivity contribution in [3.05, 3.63) is 28.2 Å². The lowest BCUT2D eigenvalue weighted by atomic mass is 9.80. The largest absolute Gasteiger partial charge is 0.324 e. The average molecular weight is 266 g/mol. The van der Waals surface area contributed by atoms with E-state index in [1.807, 2.05) is 12.1 Å². The van der Waals surface area contributed by atoms with Gasteiger partial charge in [0.25, 0.3) is 0 Å². The summed E-state index contributed by atoms with van der Waals surface area (Å²) in [5, 5.41) is 3.01. The van der Waals surface area contributed by atoms with Crippen LogP contribution in [0.2, 0.25) is 0 Å². The van der Waals surface area contributed by atoms with Gasteiger partial charge in [-0.3, -0.25) is 4.79 Å². The number of amides is 1. The number of hydrogen-bond acceptors (Lipinski definition) is 1. The Labute approximate surface area is 97.2 Å². The highest BCUT2D eigenvalue weighted by Crippen LogP contribution is 2.50. The van der Waals surface area contributed by atoms with Crippen molar-refractivity contribution < 1.29 is 4.79 Å². The van der Waals surface area contributed by atoms with E-state index in [1.54, 1.807) is 0 Å². The van der Waals surface area contributed by atoms with E-state index in [2.05, 4.69) is 27.3 Å². The first kappa shape index (κ1) is 9.40. The van der Waals surface area contributed by atoms with Gasteiger partial charge in [-0.05, 0) is 40.4 Å². The molecular formula is C12H12BrNO. The highest BCUT2D eigenvalue weighted by Gasteiger charge is 2.48. The summed E-state index contributed by atoms with van der Waals surface area (Å²) in [6.45, 7) is 0. The van der Waals surface area contributed by atoms with Gasteiger partial charge in [-0.2, -0.15) is 0 Å². The van der Waals surface area contributed by atoms with Crippen LogP contribution in [0, 0.1) is 0 Å². The summed E-state index contributed by atoms with van der Waals surface area (Å²) in [5.41, 5.74) is 1.97. The summed E-state index contributed by atoms with van der Waals surface area (Å²) in [6, 6.07) is 6.08. The molecule has 0 saturated heterocycles. The van der Waals surface area contributed by atoms with Crippen LogP contribution in [0.3, 0.4) is 0 Å². The molecule has 2 aliphatic rings. The summed E-state index contributed by atoms with van der Waals surface area (Å²) in [5.74, 6) is 0.196. The molecule has 1 amide bonds. The van der Waals surface area contributed by atoms with Gasteiger partial charge < -0.3 is 5.32 Å². The van der Waals surface area contributed by atoms with E-state index in [9.17, 15) is 4.79 Å². The molecule has 0 atom stereocenters. The number of carbonyl (C=O) groups is 1. The standard InChI is InChI=1S/C12H12BrNO/c13-9-5-3-4-8-10(9)14-11(15)12(8)6-1-2-7-12/h3-5H,1-2,6-7H2,(H,14,15). The molecule has 1 aliphatic carbocycles. The molecule has 1 saturated carbocycles. The third kappa shape index (κ3) is 1.13. The van der Waals surface area contributed by atoms with E-state index in [1.165, 1.54) is 18.4 Å². The fourth-order valence-electron chi connectivity index (χ4n) is 2.88. The molecule has 0 unspecified atom stereocenters. The van der Waals surface area contributed by atoms with Crippen molar-refractivity contribution in [2.45, 2.75) is 31.1 Å². The minimum absolute atomic E-state index is 0.196. The molecule has 1 heterocycles. The van der Waals surface area contributed by atoms with Gasteiger partial charge in [-0.25, -0.2) is 0 Å². The first-order valence-corrected chi connectivity index (χ1v) is 6.14. The molecule has 1 aliphatic heterocycles. The summed E-state index contributed by atoms with van der Waals surface area (Å²) >= 11 is 3.49. The molecule has 15 heavy (non-hydrogen) atoms. The Balaban J connectivity index is 2.21. The number of rotatable bonds is 0. The number of hydrogen-bond donors (Lipinski definition) is 1. The maximum absolute atomic E-state index is 12.1. The zero-order valence-corrected chi connectivity index (χ0v) is 9.93. The van der Waals surface area contributed by atoms with Crippen LogP contribution in [0.25, 0.3) is 0 Å². The highest BCUT2D eigenvalue weighted by molar-refractivity contribution is 9.10. The molecule has 3 heteroatoms. The maximum atomic E-state index is 12.1. The fraction of sp³-hybridized carbons (Fsp3) is 0.417. The lowest BCUT2D eigenvalue weighted by Gasteiger charge is -2.20. The predicted octanol–water partition coefficient (Wildman–Crippen LogP) is 3.21. The van der Waals surface area contributed by atoms with Crippen molar-refractivity contribution in [3.63, 3.8) is 0 Å². The van der Waals surface area contributed by atoms with Crippen molar-refractivity contribution in [2.75, 3.05) is 5.32 Å². The maximum Gasteiger partial charge on any atom is 0.235 e. The van der Waals surface area contributed by atoms with Crippen molar-refractivity contribution in [3.8, 4) is 0 Å². The number of benzene rings is 1. The van der Waals surface area contributed by atoms with Crippen LogP contribution in [0.15, 0.2) is 22.7 Å². The van der Waals surface area contributed by atoms with E-state index < -0.39 is 0 Å². The monoisotopic (exact) mass is 265 g/mol. The third-order valence-corrected chi connectivity index (χ3v) is 4.32. The van der Waals surface area contributed by atoms with Crippen molar-refractivity contribution in [2.24, 2.45) is 0 Å². The van der Waals surface area contributed by atoms with Crippen molar-refractivity contribution >= 4 is 27.5 Å². The van der Waals surface area contributed by atoms with E-state index in [0.29, 0.717) is 0 Å². The second-order valence-corrected chi connectivity index (χ2v) is 5.26. The number of nitrogens with one attached hydrogen (secondary N) is 1. The van der Waals surface area contributed by atoms with Crippen LogP contribution < -0.4 is 5.32 Å². The zero-order chi connectivity index (χ0) is 10.5. The summed E-state index contributed by atoms with van der Waals surface area (Å²) < 4.78 is 0.997. The van der Waals surface area contributed by atoms with Gasteiger partial charge in [-0.1, -0.05) is 25.0 Å². The molecular weight excluding hydrogens is 254 g/mol. The average Bonchev–Trinajstić information content (AvgIpc) is 2.79. The predicted molar refractivity (Wildman–Crippen MR) is 62.9 cm³/mol. The Hall–Kier alpha value is -0.830. The second kappa shape index (κ2) is 3.08. The molecule has 3 rings (SSSR count). The van der Waals surface area contributed by atoms with Crippen LogP contribution in [-0.4, -0.2) is 5.91 Å². The van der Waals surface area contributed by atoms with Gasteiger partial charge in [-0.15, -0.1) is 0 Å². The van der Waals surface area contributed by atoms with E-state index in [0.717, 1.165) is 23.0 Å². The van der Waals surface area contributed by atoms with Crippen LogP contribution >= 0.6 is 15.9 Å². The van der Waals surface area contributed by atoms with Gasteiger partial charge in [0.1, 0.15) is 0 Å². The number of carbonyl (C=O) groups excluding carboxylic acids is 1. The molecule has 2 nitrogen and oxygen atoms in total. The Morgan fingerprint density at radius 3 is 2.73 bits per heavy atom. The number of halogens is 1. The van der Waals surface area contributed by atoms with Crippen LogP contribution in [0.5, 0.6) is 0 Å². The fourth-order valence-corrected chi connectivity index (χ4v) is 3.35. The van der Waals surface area contributed by atoms with E-state index in [-0.39, 0.29) is 11.3 Å². The quantitative estimate of drug-likeness (QED) is 0.767. The summed E-state index contributed by atoms with van der Waals surface area (Å²) in [6.07, 6.45) is 4.34.